The zero-order valence-electron chi connectivity index (χ0n) is 15.4. The molecule has 3 N–H and O–H groups in total. The average Bonchev–Trinajstić information content (AvgIpc) is 3.31. The van der Waals surface area contributed by atoms with Gasteiger partial charge in [-0.25, -0.2) is 9.18 Å². The number of anilines is 1. The van der Waals surface area contributed by atoms with Gasteiger partial charge in [0.15, 0.2) is 5.82 Å². The molecule has 1 aliphatic heterocycles. The lowest BCUT2D eigenvalue weighted by atomic mass is 9.92. The molecule has 1 saturated carbocycles. The molecular formula is C19H25FN4O2. The molecule has 0 radical (unpaired) electrons. The molecule has 140 valence electrons. The fraction of sp³-hybridized carbons (Fsp3) is 0.579. The number of nitrogens with two attached hydrogens (primary N) is 1. The van der Waals surface area contributed by atoms with Crippen molar-refractivity contribution in [1.82, 2.24) is 9.38 Å². The summed E-state index contributed by atoms with van der Waals surface area (Å²) in [5.41, 5.74) is 7.49. The highest BCUT2D eigenvalue weighted by molar-refractivity contribution is 5.72. The maximum Gasteiger partial charge on any atom is 0.333 e. The molecule has 2 aromatic heterocycles. The topological polar surface area (TPSA) is 83.6 Å². The first-order valence-corrected chi connectivity index (χ1v) is 9.27. The van der Waals surface area contributed by atoms with Gasteiger partial charge in [0.25, 0.3) is 5.56 Å². The van der Waals surface area contributed by atoms with Crippen molar-refractivity contribution in [1.29, 1.82) is 0 Å². The van der Waals surface area contributed by atoms with Crippen LogP contribution in [0.3, 0.4) is 0 Å². The number of aromatic nitrogens is 2. The van der Waals surface area contributed by atoms with E-state index in [1.165, 1.54) is 10.6 Å². The lowest BCUT2D eigenvalue weighted by Crippen LogP contribution is -2.33. The van der Waals surface area contributed by atoms with Gasteiger partial charge in [-0.3, -0.25) is 14.2 Å². The predicted octanol–water partition coefficient (Wildman–Crippen LogP) is 1.73. The second-order valence-electron chi connectivity index (χ2n) is 8.02. The van der Waals surface area contributed by atoms with Gasteiger partial charge in [-0.1, -0.05) is 6.92 Å². The Kier molecular flexibility index (Phi) is 3.95. The van der Waals surface area contributed by atoms with Crippen molar-refractivity contribution in [3.05, 3.63) is 44.0 Å². The minimum Gasteiger partial charge on any atom is -0.368 e. The number of nitrogens with zero attached hydrogens (tertiary/aromatic N) is 2. The number of halogens is 1. The Morgan fingerprint density at radius 3 is 2.58 bits per heavy atom. The van der Waals surface area contributed by atoms with Crippen LogP contribution in [0.2, 0.25) is 0 Å². The quantitative estimate of drug-likeness (QED) is 0.873. The van der Waals surface area contributed by atoms with Crippen LogP contribution in [-0.4, -0.2) is 28.5 Å². The SMILES string of the molecule is Cc1c(N2CC(C)C(C(C)N)C2)c(F)cn2c(=O)[nH]c(=O)c(C3CC3)c12. The van der Waals surface area contributed by atoms with E-state index in [-0.39, 0.29) is 23.4 Å². The summed E-state index contributed by atoms with van der Waals surface area (Å²) >= 11 is 0. The number of aromatic amines is 1. The Balaban J connectivity index is 1.93. The molecule has 1 saturated heterocycles. The molecule has 1 aliphatic carbocycles. The largest absolute Gasteiger partial charge is 0.368 e. The Bertz CT molecular complexity index is 990. The third kappa shape index (κ3) is 2.57. The second-order valence-corrected chi connectivity index (χ2v) is 8.02. The van der Waals surface area contributed by atoms with Crippen LogP contribution in [0.4, 0.5) is 10.1 Å². The van der Waals surface area contributed by atoms with Gasteiger partial charge in [0.1, 0.15) is 0 Å². The number of pyridine rings is 1. The van der Waals surface area contributed by atoms with Crippen LogP contribution in [-0.2, 0) is 0 Å². The van der Waals surface area contributed by atoms with Crippen LogP contribution < -0.4 is 21.9 Å². The summed E-state index contributed by atoms with van der Waals surface area (Å²) in [5.74, 6) is 0.354. The maximum absolute atomic E-state index is 15.0. The molecule has 2 aromatic rings. The van der Waals surface area contributed by atoms with E-state index in [0.717, 1.165) is 12.8 Å². The van der Waals surface area contributed by atoms with Crippen LogP contribution in [0.15, 0.2) is 15.8 Å². The summed E-state index contributed by atoms with van der Waals surface area (Å²) in [6, 6.07) is 0.0336. The number of aryl methyl sites for hydroxylation is 1. The van der Waals surface area contributed by atoms with Crippen LogP contribution in [0.5, 0.6) is 0 Å². The monoisotopic (exact) mass is 360 g/mol. The third-order valence-corrected chi connectivity index (χ3v) is 6.01. The molecular weight excluding hydrogens is 335 g/mol. The van der Waals surface area contributed by atoms with Crippen LogP contribution in [0, 0.1) is 24.6 Å². The second kappa shape index (κ2) is 5.94. The van der Waals surface area contributed by atoms with Gasteiger partial charge in [-0.05, 0) is 44.4 Å². The zero-order valence-corrected chi connectivity index (χ0v) is 15.4. The Hall–Kier alpha value is -2.15. The number of hydrogen-bond donors (Lipinski definition) is 2. The van der Waals surface area contributed by atoms with Gasteiger partial charge in [-0.2, -0.15) is 0 Å². The Labute approximate surface area is 150 Å². The van der Waals surface area contributed by atoms with E-state index in [2.05, 4.69) is 11.9 Å². The van der Waals surface area contributed by atoms with Crippen LogP contribution in [0.25, 0.3) is 5.52 Å². The molecule has 4 rings (SSSR count). The molecule has 3 atom stereocenters. The number of fused-ring (bicyclic) bond motifs is 1. The first-order valence-electron chi connectivity index (χ1n) is 9.27. The summed E-state index contributed by atoms with van der Waals surface area (Å²) in [5, 5.41) is 0. The van der Waals surface area contributed by atoms with E-state index in [1.807, 2.05) is 18.7 Å². The summed E-state index contributed by atoms with van der Waals surface area (Å²) in [6.45, 7) is 7.32. The third-order valence-electron chi connectivity index (χ3n) is 6.01. The highest BCUT2D eigenvalue weighted by atomic mass is 19.1. The van der Waals surface area contributed by atoms with Crippen molar-refractivity contribution in [2.24, 2.45) is 17.6 Å². The summed E-state index contributed by atoms with van der Waals surface area (Å²) in [4.78, 5) is 29.0. The van der Waals surface area contributed by atoms with E-state index in [1.54, 1.807) is 0 Å². The zero-order chi connectivity index (χ0) is 18.7. The standard InChI is InChI=1S/C19H25FN4O2/c1-9-6-23(7-13(9)11(3)21)16-10(2)17-15(12-4-5-12)18(25)22-19(26)24(17)8-14(16)20/h8-9,11-13H,4-7,21H2,1-3H3,(H,22,25,26). The number of hydrogen-bond acceptors (Lipinski definition) is 4. The van der Waals surface area contributed by atoms with Gasteiger partial charge in [0.05, 0.1) is 17.4 Å². The van der Waals surface area contributed by atoms with Crippen molar-refractivity contribution in [2.75, 3.05) is 18.0 Å². The minimum absolute atomic E-state index is 0.0336. The van der Waals surface area contributed by atoms with E-state index >= 15 is 0 Å². The minimum atomic E-state index is -0.591. The number of rotatable bonds is 3. The molecule has 0 spiro atoms. The van der Waals surface area contributed by atoms with Crippen molar-refractivity contribution in [3.63, 3.8) is 0 Å². The average molecular weight is 360 g/mol. The van der Waals surface area contributed by atoms with E-state index in [0.29, 0.717) is 41.3 Å². The van der Waals surface area contributed by atoms with E-state index in [9.17, 15) is 14.0 Å². The van der Waals surface area contributed by atoms with Crippen LogP contribution >= 0.6 is 0 Å². The predicted molar refractivity (Wildman–Crippen MR) is 99.5 cm³/mol. The molecule has 0 aromatic carbocycles. The number of H-pyrrole nitrogens is 1. The van der Waals surface area contributed by atoms with Gasteiger partial charge in [-0.15, -0.1) is 0 Å². The summed E-state index contributed by atoms with van der Waals surface area (Å²) in [6.07, 6.45) is 3.07. The number of nitrogens with one attached hydrogen (secondary N) is 1. The fourth-order valence-corrected chi connectivity index (χ4v) is 4.53. The smallest absolute Gasteiger partial charge is 0.333 e. The Morgan fingerprint density at radius 1 is 1.31 bits per heavy atom. The lowest BCUT2D eigenvalue weighted by Gasteiger charge is -2.24. The lowest BCUT2D eigenvalue weighted by molar-refractivity contribution is 0.390. The van der Waals surface area contributed by atoms with Crippen molar-refractivity contribution in [3.8, 4) is 0 Å². The van der Waals surface area contributed by atoms with E-state index in [4.69, 9.17) is 5.73 Å². The van der Waals surface area contributed by atoms with E-state index < -0.39 is 11.5 Å². The van der Waals surface area contributed by atoms with Crippen molar-refractivity contribution < 1.29 is 4.39 Å². The molecule has 3 unspecified atom stereocenters. The molecule has 2 fully saturated rings. The molecule has 26 heavy (non-hydrogen) atoms. The molecule has 0 bridgehead atoms. The highest BCUT2D eigenvalue weighted by Gasteiger charge is 2.36. The molecule has 2 aliphatic rings. The van der Waals surface area contributed by atoms with Gasteiger partial charge in [0, 0.05) is 30.3 Å². The fourth-order valence-electron chi connectivity index (χ4n) is 4.53. The normalized spacial score (nSPS) is 24.4. The first kappa shape index (κ1) is 17.3. The summed E-state index contributed by atoms with van der Waals surface area (Å²) < 4.78 is 16.2. The molecule has 3 heterocycles. The van der Waals surface area contributed by atoms with Gasteiger partial charge < -0.3 is 10.6 Å². The van der Waals surface area contributed by atoms with Gasteiger partial charge in [0.2, 0.25) is 0 Å². The van der Waals surface area contributed by atoms with Gasteiger partial charge >= 0.3 is 5.69 Å². The highest BCUT2D eigenvalue weighted by Crippen LogP contribution is 2.42. The van der Waals surface area contributed by atoms with Crippen LogP contribution in [0.1, 0.15) is 43.7 Å². The molecule has 7 heteroatoms. The van der Waals surface area contributed by atoms with Crippen molar-refractivity contribution >= 4 is 11.2 Å². The van der Waals surface area contributed by atoms with Crippen molar-refractivity contribution in [2.45, 2.75) is 45.6 Å². The first-order chi connectivity index (χ1) is 12.3. The maximum atomic E-state index is 15.0. The summed E-state index contributed by atoms with van der Waals surface area (Å²) in [7, 11) is 0. The molecule has 0 amide bonds. The Morgan fingerprint density at radius 2 is 2.00 bits per heavy atom. The molecule has 6 nitrogen and oxygen atoms in total.